The van der Waals surface area contributed by atoms with Gasteiger partial charge in [0.15, 0.2) is 0 Å². The zero-order valence-electron chi connectivity index (χ0n) is 12.9. The number of rotatable bonds is 6. The number of nitrogens with one attached hydrogen (secondary N) is 1. The number of hydrogen-bond donors (Lipinski definition) is 1. The van der Waals surface area contributed by atoms with E-state index in [9.17, 15) is 14.4 Å². The molecule has 1 aliphatic carbocycles. The van der Waals surface area contributed by atoms with Gasteiger partial charge in [0.1, 0.15) is 0 Å². The predicted octanol–water partition coefficient (Wildman–Crippen LogP) is 1.75. The van der Waals surface area contributed by atoms with Crippen LogP contribution in [0.15, 0.2) is 29.7 Å². The molecule has 1 saturated heterocycles. The topological polar surface area (TPSA) is 66.5 Å². The average molecular weight is 332 g/mol. The quantitative estimate of drug-likeness (QED) is 0.637. The highest BCUT2D eigenvalue weighted by atomic mass is 32.1. The third kappa shape index (κ3) is 3.52. The molecule has 0 spiro atoms. The summed E-state index contributed by atoms with van der Waals surface area (Å²) in [6, 6.07) is 4.02. The van der Waals surface area contributed by atoms with Gasteiger partial charge in [0.25, 0.3) is 0 Å². The molecular formula is C17H20N2O3S. The molecule has 1 aliphatic heterocycles. The molecule has 2 aliphatic rings. The summed E-state index contributed by atoms with van der Waals surface area (Å²) in [6.45, 7) is 0.770. The number of fused-ring (bicyclic) bond motifs is 1. The Bertz CT molecular complexity index is 598. The lowest BCUT2D eigenvalue weighted by Gasteiger charge is -2.14. The summed E-state index contributed by atoms with van der Waals surface area (Å²) in [4.78, 5) is 38.9. The Kier molecular flexibility index (Phi) is 4.91. The van der Waals surface area contributed by atoms with Crippen LogP contribution in [0, 0.1) is 11.8 Å². The molecule has 1 aromatic rings. The minimum Gasteiger partial charge on any atom is -0.356 e. The Morgan fingerprint density at radius 2 is 1.91 bits per heavy atom. The Morgan fingerprint density at radius 3 is 2.52 bits per heavy atom. The van der Waals surface area contributed by atoms with Crippen LogP contribution in [0.25, 0.3) is 0 Å². The minimum absolute atomic E-state index is 0.115. The molecule has 1 N–H and O–H groups in total. The van der Waals surface area contributed by atoms with Crippen LogP contribution in [0.3, 0.4) is 0 Å². The number of carbonyl (C=O) groups is 3. The van der Waals surface area contributed by atoms with Crippen LogP contribution in [0.1, 0.15) is 24.1 Å². The van der Waals surface area contributed by atoms with Crippen molar-refractivity contribution < 1.29 is 14.4 Å². The Balaban J connectivity index is 1.43. The van der Waals surface area contributed by atoms with Gasteiger partial charge in [-0.2, -0.15) is 0 Å². The molecule has 0 bridgehead atoms. The third-order valence-corrected chi connectivity index (χ3v) is 5.37. The van der Waals surface area contributed by atoms with Crippen molar-refractivity contribution in [2.24, 2.45) is 11.8 Å². The zero-order chi connectivity index (χ0) is 16.2. The lowest BCUT2D eigenvalue weighted by molar-refractivity contribution is -0.140. The van der Waals surface area contributed by atoms with Crippen molar-refractivity contribution in [1.29, 1.82) is 0 Å². The van der Waals surface area contributed by atoms with Crippen LogP contribution in [-0.4, -0.2) is 35.7 Å². The largest absolute Gasteiger partial charge is 0.356 e. The van der Waals surface area contributed by atoms with E-state index in [4.69, 9.17) is 0 Å². The van der Waals surface area contributed by atoms with Gasteiger partial charge in [0.2, 0.25) is 17.7 Å². The molecule has 1 aromatic heterocycles. The van der Waals surface area contributed by atoms with E-state index in [-0.39, 0.29) is 42.5 Å². The molecule has 2 atom stereocenters. The number of allylic oxidation sites excluding steroid dienone is 2. The van der Waals surface area contributed by atoms with Crippen LogP contribution in [-0.2, 0) is 20.8 Å². The molecule has 23 heavy (non-hydrogen) atoms. The van der Waals surface area contributed by atoms with Crippen molar-refractivity contribution in [1.82, 2.24) is 10.2 Å². The summed E-state index contributed by atoms with van der Waals surface area (Å²) >= 11 is 1.67. The first-order chi connectivity index (χ1) is 11.2. The van der Waals surface area contributed by atoms with E-state index < -0.39 is 0 Å². The number of imide groups is 1. The molecular weight excluding hydrogens is 312 g/mol. The van der Waals surface area contributed by atoms with Crippen LogP contribution < -0.4 is 5.32 Å². The minimum atomic E-state index is -0.214. The van der Waals surface area contributed by atoms with E-state index in [2.05, 4.69) is 5.32 Å². The van der Waals surface area contributed by atoms with Crippen molar-refractivity contribution in [2.45, 2.75) is 25.7 Å². The monoisotopic (exact) mass is 332 g/mol. The second-order valence-electron chi connectivity index (χ2n) is 5.91. The summed E-state index contributed by atoms with van der Waals surface area (Å²) in [6.07, 6.45) is 6.19. The van der Waals surface area contributed by atoms with Crippen LogP contribution in [0.5, 0.6) is 0 Å². The first-order valence-electron chi connectivity index (χ1n) is 7.96. The zero-order valence-corrected chi connectivity index (χ0v) is 13.7. The number of carbonyl (C=O) groups excluding carboxylic acids is 3. The van der Waals surface area contributed by atoms with E-state index in [1.165, 1.54) is 9.78 Å². The van der Waals surface area contributed by atoms with E-state index in [1.54, 1.807) is 11.3 Å². The highest BCUT2D eigenvalue weighted by Gasteiger charge is 2.46. The summed E-state index contributed by atoms with van der Waals surface area (Å²) in [5.74, 6) is -0.773. The molecule has 0 saturated carbocycles. The number of thiophene rings is 1. The molecule has 0 radical (unpaired) electrons. The smallest absolute Gasteiger partial charge is 0.233 e. The number of hydrogen-bond acceptors (Lipinski definition) is 4. The summed E-state index contributed by atoms with van der Waals surface area (Å²) in [5.41, 5.74) is 0. The first kappa shape index (κ1) is 15.9. The van der Waals surface area contributed by atoms with Gasteiger partial charge < -0.3 is 5.32 Å². The van der Waals surface area contributed by atoms with Gasteiger partial charge in [-0.05, 0) is 30.7 Å². The van der Waals surface area contributed by atoms with Gasteiger partial charge in [-0.3, -0.25) is 19.3 Å². The fourth-order valence-corrected chi connectivity index (χ4v) is 3.88. The maximum absolute atomic E-state index is 12.3. The maximum Gasteiger partial charge on any atom is 0.233 e. The van der Waals surface area contributed by atoms with Crippen LogP contribution >= 0.6 is 11.3 Å². The van der Waals surface area contributed by atoms with Crippen molar-refractivity contribution in [3.05, 3.63) is 34.5 Å². The highest BCUT2D eigenvalue weighted by Crippen LogP contribution is 2.34. The third-order valence-electron chi connectivity index (χ3n) is 4.43. The SMILES string of the molecule is O=C(CCN1C(=O)[C@H]2CC=CC[C@@H]2C1=O)NCCc1cccs1. The Hall–Kier alpha value is -1.95. The fraction of sp³-hybridized carbons (Fsp3) is 0.471. The predicted molar refractivity (Wildman–Crippen MR) is 87.7 cm³/mol. The van der Waals surface area contributed by atoms with E-state index in [0.29, 0.717) is 19.4 Å². The van der Waals surface area contributed by atoms with Crippen molar-refractivity contribution in [2.75, 3.05) is 13.1 Å². The first-order valence-corrected chi connectivity index (χ1v) is 8.84. The van der Waals surface area contributed by atoms with Gasteiger partial charge in [0, 0.05) is 24.4 Å². The molecule has 5 nitrogen and oxygen atoms in total. The van der Waals surface area contributed by atoms with E-state index in [1.807, 2.05) is 29.7 Å². The van der Waals surface area contributed by atoms with Crippen molar-refractivity contribution in [3.63, 3.8) is 0 Å². The standard InChI is InChI=1S/C17H20N2O3S/c20-15(18-9-7-12-4-3-11-23-12)8-10-19-16(21)13-5-1-2-6-14(13)17(19)22/h1-4,11,13-14H,5-10H2,(H,18,20)/t13-,14-/m0/s1. The van der Waals surface area contributed by atoms with Crippen molar-refractivity contribution in [3.8, 4) is 0 Å². The molecule has 1 fully saturated rings. The number of amides is 3. The average Bonchev–Trinajstić information content (AvgIpc) is 3.15. The van der Waals surface area contributed by atoms with Crippen LogP contribution in [0.2, 0.25) is 0 Å². The Labute approximate surface area is 139 Å². The Morgan fingerprint density at radius 1 is 1.22 bits per heavy atom. The summed E-state index contributed by atoms with van der Waals surface area (Å²) < 4.78 is 0. The molecule has 3 amide bonds. The number of likely N-dealkylation sites (tertiary alicyclic amines) is 1. The molecule has 2 heterocycles. The normalized spacial score (nSPS) is 23.2. The molecule has 0 unspecified atom stereocenters. The molecule has 3 rings (SSSR count). The van der Waals surface area contributed by atoms with Gasteiger partial charge >= 0.3 is 0 Å². The van der Waals surface area contributed by atoms with E-state index >= 15 is 0 Å². The van der Waals surface area contributed by atoms with Crippen LogP contribution in [0.4, 0.5) is 0 Å². The molecule has 6 heteroatoms. The molecule has 0 aromatic carbocycles. The number of nitrogens with zero attached hydrogens (tertiary/aromatic N) is 1. The fourth-order valence-electron chi connectivity index (χ4n) is 3.17. The van der Waals surface area contributed by atoms with Gasteiger partial charge in [-0.25, -0.2) is 0 Å². The lowest BCUT2D eigenvalue weighted by Crippen LogP contribution is -2.35. The summed E-state index contributed by atoms with van der Waals surface area (Å²) in [7, 11) is 0. The lowest BCUT2D eigenvalue weighted by atomic mass is 9.85. The summed E-state index contributed by atoms with van der Waals surface area (Å²) in [5, 5.41) is 4.85. The molecule has 122 valence electrons. The maximum atomic E-state index is 12.3. The second kappa shape index (κ2) is 7.08. The second-order valence-corrected chi connectivity index (χ2v) is 6.95. The van der Waals surface area contributed by atoms with Gasteiger partial charge in [-0.15, -0.1) is 11.3 Å². The van der Waals surface area contributed by atoms with Gasteiger partial charge in [0.05, 0.1) is 11.8 Å². The van der Waals surface area contributed by atoms with E-state index in [0.717, 1.165) is 6.42 Å². The van der Waals surface area contributed by atoms with Crippen molar-refractivity contribution >= 4 is 29.1 Å². The highest BCUT2D eigenvalue weighted by molar-refractivity contribution is 7.09. The van der Waals surface area contributed by atoms with Gasteiger partial charge in [-0.1, -0.05) is 18.2 Å².